The van der Waals surface area contributed by atoms with E-state index in [0.29, 0.717) is 11.1 Å². The fraction of sp³-hybridized carbons (Fsp3) is 0.529. The number of carbonyl (C=O) groups is 1. The molecule has 3 nitrogen and oxygen atoms in total. The molecule has 0 saturated carbocycles. The van der Waals surface area contributed by atoms with E-state index >= 15 is 0 Å². The number of hydrogen-bond acceptors (Lipinski definition) is 3. The zero-order valence-electron chi connectivity index (χ0n) is 12.2. The van der Waals surface area contributed by atoms with Gasteiger partial charge in [-0.2, -0.15) is 5.26 Å². The van der Waals surface area contributed by atoms with Crippen LogP contribution < -0.4 is 0 Å². The summed E-state index contributed by atoms with van der Waals surface area (Å²) in [4.78, 5) is 12.7. The monoisotopic (exact) mass is 301 g/mol. The molecule has 0 spiro atoms. The quantitative estimate of drug-likeness (QED) is 0.789. The first-order valence-electron chi connectivity index (χ1n) is 7.54. The summed E-state index contributed by atoms with van der Waals surface area (Å²) in [6.45, 7) is 1.88. The lowest BCUT2D eigenvalue weighted by Crippen LogP contribution is -2.41. The number of rotatable bonds is 2. The Kier molecular flexibility index (Phi) is 3.95. The van der Waals surface area contributed by atoms with E-state index in [1.807, 2.05) is 19.1 Å². The maximum absolute atomic E-state index is 12.7. The van der Waals surface area contributed by atoms with Gasteiger partial charge in [0.25, 0.3) is 0 Å². The van der Waals surface area contributed by atoms with Crippen molar-refractivity contribution in [2.45, 2.75) is 49.5 Å². The van der Waals surface area contributed by atoms with Crippen molar-refractivity contribution in [3.05, 3.63) is 34.9 Å². The molecule has 21 heavy (non-hydrogen) atoms. The van der Waals surface area contributed by atoms with Gasteiger partial charge in [-0.3, -0.25) is 9.00 Å². The number of benzene rings is 1. The molecule has 2 atom stereocenters. The summed E-state index contributed by atoms with van der Waals surface area (Å²) < 4.78 is 12.2. The van der Waals surface area contributed by atoms with Crippen molar-refractivity contribution < 1.29 is 9.00 Å². The smallest absolute Gasteiger partial charge is 0.166 e. The van der Waals surface area contributed by atoms with Gasteiger partial charge >= 0.3 is 0 Å². The number of fused-ring (bicyclic) bond motifs is 2. The third kappa shape index (κ3) is 2.67. The standard InChI is InChI=1S/C17H19NO2S/c1-11-5-6-12(7-14(11)10-18)17(19)13-8-15-3-2-4-16(9-13)21(15)20/h5-7,13,15-16H,2-4,8-9H2,1H3. The molecule has 110 valence electrons. The van der Waals surface area contributed by atoms with Gasteiger partial charge in [0.05, 0.1) is 11.6 Å². The number of Topliss-reactive ketones (excluding diaryl/α,β-unsaturated/α-hetero) is 1. The molecule has 2 fully saturated rings. The zero-order valence-corrected chi connectivity index (χ0v) is 13.0. The third-order valence-corrected chi connectivity index (χ3v) is 6.99. The maximum atomic E-state index is 12.7. The number of ketones is 1. The minimum Gasteiger partial charge on any atom is -0.294 e. The summed E-state index contributed by atoms with van der Waals surface area (Å²) in [6.07, 6.45) is 4.62. The van der Waals surface area contributed by atoms with Crippen LogP contribution >= 0.6 is 0 Å². The lowest BCUT2D eigenvalue weighted by Gasteiger charge is -2.37. The molecule has 0 N–H and O–H groups in total. The van der Waals surface area contributed by atoms with E-state index in [1.54, 1.807) is 6.07 Å². The van der Waals surface area contributed by atoms with Crippen molar-refractivity contribution >= 4 is 16.6 Å². The van der Waals surface area contributed by atoms with E-state index in [2.05, 4.69) is 6.07 Å². The van der Waals surface area contributed by atoms with Crippen LogP contribution in [-0.2, 0) is 10.8 Å². The van der Waals surface area contributed by atoms with E-state index < -0.39 is 10.8 Å². The fourth-order valence-corrected chi connectivity index (χ4v) is 5.77. The number of hydrogen-bond donors (Lipinski definition) is 0. The van der Waals surface area contributed by atoms with Crippen LogP contribution in [0.3, 0.4) is 0 Å². The van der Waals surface area contributed by atoms with Gasteiger partial charge in [0.1, 0.15) is 0 Å². The molecule has 0 aliphatic carbocycles. The summed E-state index contributed by atoms with van der Waals surface area (Å²) in [6, 6.07) is 7.51. The van der Waals surface area contributed by atoms with Gasteiger partial charge in [-0.15, -0.1) is 0 Å². The van der Waals surface area contributed by atoms with Crippen molar-refractivity contribution in [1.29, 1.82) is 5.26 Å². The molecule has 1 aromatic rings. The summed E-state index contributed by atoms with van der Waals surface area (Å²) in [5, 5.41) is 9.50. The van der Waals surface area contributed by atoms with Crippen molar-refractivity contribution in [2.24, 2.45) is 5.92 Å². The second kappa shape index (κ2) is 5.73. The Bertz CT molecular complexity index is 631. The SMILES string of the molecule is Cc1ccc(C(=O)C2CC3CCCC(C2)S3=O)cc1C#N. The van der Waals surface area contributed by atoms with E-state index in [1.165, 1.54) is 0 Å². The van der Waals surface area contributed by atoms with Crippen LogP contribution in [0.25, 0.3) is 0 Å². The molecule has 2 heterocycles. The van der Waals surface area contributed by atoms with E-state index in [4.69, 9.17) is 5.26 Å². The normalized spacial score (nSPS) is 31.4. The van der Waals surface area contributed by atoms with Crippen molar-refractivity contribution in [1.82, 2.24) is 0 Å². The number of carbonyl (C=O) groups excluding carboxylic acids is 1. The van der Waals surface area contributed by atoms with Crippen LogP contribution in [0.15, 0.2) is 18.2 Å². The molecule has 0 radical (unpaired) electrons. The van der Waals surface area contributed by atoms with Gasteiger partial charge in [-0.05, 0) is 44.2 Å². The molecule has 2 aliphatic heterocycles. The third-order valence-electron chi connectivity index (χ3n) is 4.82. The highest BCUT2D eigenvalue weighted by molar-refractivity contribution is 7.86. The van der Waals surface area contributed by atoms with Crippen LogP contribution in [0.5, 0.6) is 0 Å². The predicted molar refractivity (Wildman–Crippen MR) is 82.5 cm³/mol. The highest BCUT2D eigenvalue weighted by Crippen LogP contribution is 2.38. The highest BCUT2D eigenvalue weighted by atomic mass is 32.2. The van der Waals surface area contributed by atoms with E-state index in [0.717, 1.165) is 37.7 Å². The molecule has 3 rings (SSSR count). The van der Waals surface area contributed by atoms with E-state index in [-0.39, 0.29) is 22.2 Å². The van der Waals surface area contributed by atoms with Gasteiger partial charge in [-0.25, -0.2) is 0 Å². The van der Waals surface area contributed by atoms with Gasteiger partial charge in [0.15, 0.2) is 5.78 Å². The Hall–Kier alpha value is -1.47. The lowest BCUT2D eigenvalue weighted by molar-refractivity contribution is 0.0895. The topological polar surface area (TPSA) is 57.9 Å². The van der Waals surface area contributed by atoms with Crippen molar-refractivity contribution in [3.63, 3.8) is 0 Å². The zero-order chi connectivity index (χ0) is 15.0. The predicted octanol–water partition coefficient (Wildman–Crippen LogP) is 3.13. The largest absolute Gasteiger partial charge is 0.294 e. The minimum atomic E-state index is -0.744. The molecule has 4 heteroatoms. The molecule has 0 amide bonds. The van der Waals surface area contributed by atoms with Crippen LogP contribution in [0.4, 0.5) is 0 Å². The van der Waals surface area contributed by atoms with Crippen molar-refractivity contribution in [2.75, 3.05) is 0 Å². The molecule has 2 bridgehead atoms. The lowest BCUT2D eigenvalue weighted by atomic mass is 9.84. The summed E-state index contributed by atoms with van der Waals surface area (Å²) in [5.41, 5.74) is 2.10. The second-order valence-corrected chi connectivity index (χ2v) is 8.17. The Balaban J connectivity index is 1.83. The first kappa shape index (κ1) is 14.5. The first-order chi connectivity index (χ1) is 10.1. The highest BCUT2D eigenvalue weighted by Gasteiger charge is 2.40. The number of nitriles is 1. The minimum absolute atomic E-state index is 0.0211. The van der Waals surface area contributed by atoms with Crippen LogP contribution in [0.2, 0.25) is 0 Å². The fourth-order valence-electron chi connectivity index (χ4n) is 3.58. The summed E-state index contributed by atoms with van der Waals surface area (Å²) in [5.74, 6) is 0.104. The Morgan fingerprint density at radius 1 is 1.29 bits per heavy atom. The summed E-state index contributed by atoms with van der Waals surface area (Å²) in [7, 11) is -0.744. The average molecular weight is 301 g/mol. The molecule has 2 unspecified atom stereocenters. The molecular weight excluding hydrogens is 282 g/mol. The van der Waals surface area contributed by atoms with Gasteiger partial charge in [-0.1, -0.05) is 18.6 Å². The number of nitrogens with zero attached hydrogens (tertiary/aromatic N) is 1. The Morgan fingerprint density at radius 2 is 1.95 bits per heavy atom. The average Bonchev–Trinajstić information content (AvgIpc) is 2.47. The van der Waals surface area contributed by atoms with E-state index in [9.17, 15) is 9.00 Å². The summed E-state index contributed by atoms with van der Waals surface area (Å²) >= 11 is 0. The Morgan fingerprint density at radius 3 is 2.57 bits per heavy atom. The molecular formula is C17H19NO2S. The van der Waals surface area contributed by atoms with Crippen molar-refractivity contribution in [3.8, 4) is 6.07 Å². The second-order valence-electron chi connectivity index (χ2n) is 6.18. The van der Waals surface area contributed by atoms with Crippen LogP contribution in [-0.4, -0.2) is 20.5 Å². The van der Waals surface area contributed by atoms with Gasteiger partial charge in [0.2, 0.25) is 0 Å². The van der Waals surface area contributed by atoms with Gasteiger partial charge < -0.3 is 0 Å². The van der Waals surface area contributed by atoms with Gasteiger partial charge in [0, 0.05) is 32.8 Å². The molecule has 0 aromatic heterocycles. The maximum Gasteiger partial charge on any atom is 0.166 e. The van der Waals surface area contributed by atoms with Crippen LogP contribution in [0.1, 0.15) is 53.6 Å². The molecule has 2 aliphatic rings. The first-order valence-corrected chi connectivity index (χ1v) is 8.82. The number of aryl methyl sites for hydroxylation is 1. The Labute approximate surface area is 127 Å². The molecule has 2 saturated heterocycles. The molecule has 1 aromatic carbocycles. The van der Waals surface area contributed by atoms with Crippen LogP contribution in [0, 0.1) is 24.2 Å².